The van der Waals surface area contributed by atoms with Crippen LogP contribution in [-0.4, -0.2) is 133 Å². The van der Waals surface area contributed by atoms with Crippen LogP contribution in [0.1, 0.15) is 113 Å². The molecule has 0 amide bonds. The highest BCUT2D eigenvalue weighted by molar-refractivity contribution is 14.1. The first-order valence-electron chi connectivity index (χ1n) is 38.0. The quantitative estimate of drug-likeness (QED) is 0.00201. The van der Waals surface area contributed by atoms with Crippen molar-refractivity contribution in [2.24, 2.45) is 110 Å². The van der Waals surface area contributed by atoms with E-state index in [2.05, 4.69) is 221 Å². The number of aliphatic imine (C=N–C) groups is 6. The summed E-state index contributed by atoms with van der Waals surface area (Å²) in [5.74, 6) is -1.86. The first kappa shape index (κ1) is 112. The van der Waals surface area contributed by atoms with Crippen LogP contribution in [0.15, 0.2) is 188 Å². The van der Waals surface area contributed by atoms with Crippen LogP contribution in [0.4, 0.5) is 0 Å². The number of nitrogens with one attached hydrogen (secondary N) is 2. The lowest BCUT2D eigenvalue weighted by atomic mass is 10.1. The minimum Gasteiger partial charge on any atom is -0.461 e. The molecule has 125 heavy (non-hydrogen) atoms. The van der Waals surface area contributed by atoms with Gasteiger partial charge in [-0.3, -0.25) is 28.8 Å². The number of nitrogens with two attached hydrogens (primary N) is 14. The van der Waals surface area contributed by atoms with Gasteiger partial charge in [0.2, 0.25) is 6.79 Å². The van der Waals surface area contributed by atoms with E-state index in [0.29, 0.717) is 64.3 Å². The number of aliphatic hydroxyl groups is 1. The van der Waals surface area contributed by atoms with Crippen molar-refractivity contribution in [3.8, 4) is 0 Å². The van der Waals surface area contributed by atoms with Crippen molar-refractivity contribution in [1.82, 2.24) is 4.90 Å². The number of carbonyl (C=O) groups is 5. The van der Waals surface area contributed by atoms with Gasteiger partial charge in [0, 0.05) is 89.6 Å². The minimum absolute atomic E-state index is 0.00234. The summed E-state index contributed by atoms with van der Waals surface area (Å²) in [5, 5.41) is 9.27. The third-order valence-corrected chi connectivity index (χ3v) is 25.9. The number of ketones is 1. The summed E-state index contributed by atoms with van der Waals surface area (Å²) >= 11 is 13.2. The van der Waals surface area contributed by atoms with Crippen molar-refractivity contribution >= 4 is 220 Å². The molecule has 1 aliphatic heterocycles. The summed E-state index contributed by atoms with van der Waals surface area (Å²) < 4.78 is 65.7. The number of ether oxygens (including phenoxy) is 4. The van der Waals surface area contributed by atoms with Crippen molar-refractivity contribution in [3.63, 3.8) is 0 Å². The fourth-order valence-electron chi connectivity index (χ4n) is 9.33. The molecule has 0 aliphatic carbocycles. The van der Waals surface area contributed by atoms with Gasteiger partial charge < -0.3 is 104 Å². The number of guanidine groups is 6. The molecule has 3 atom stereocenters. The molecule has 1 aliphatic rings. The molecule has 43 heteroatoms. The lowest BCUT2D eigenvalue weighted by Gasteiger charge is -2.09. The van der Waals surface area contributed by atoms with Gasteiger partial charge in [-0.1, -0.05) is 112 Å². The standard InChI is InChI=1S/C19H28IN5O5S.C17H26IN5O3S.C14H18IN3O3.C12H14IN3O.C11H15IN4.C9H12IN3/c1-2-3-7-31(24,28)8-6-16(21)18(27)30-12-29-17(26)10-14-5-4-13(9-15(14)20)11-25-19(22)23;1-2-3-7-27(22,25)8-6-15(19)16(24)26-11-13-5-4-12(9-14(13)18)10-23-17(20)21;1-2-11(19)6-13(20)21-8-10-4-3-9(5-12(10)15)7-18-14(16)17;1-2-10(17)6-9-4-3-8(5-11(9)13)7-16-12(14)15;12-10-5-8(6-15-11(13)14)1-2-9(10)7-16-3-4-16;1-6-2-3-7(4-8(6)10)5-13-9(11)12/h4-6,9,24H,2-3,7-8,10-12,21H2,1H3,(H4,22,23,25);4-6,9,22H,2-3,7-8,10-11,19H2,1H3,(H4,20,21,23);2-5,11,19H,1,6-8H2,(H4,16,17,18);2-5H,1,6-7H2,(H4,14,15,16);1-2,5H,3-4,6-7H2,(H4,13,14,15);2-4H,5H2,1H3,(H4,11,12,13)/b16-6+;15-6+;;;;. The fourth-order valence-corrected chi connectivity index (χ4v) is 16.4. The molecule has 0 spiro atoms. The molecular formula is C82H113I6N23O12S2. The van der Waals surface area contributed by atoms with Crippen LogP contribution in [0, 0.1) is 37.9 Å². The van der Waals surface area contributed by atoms with E-state index in [1.54, 1.807) is 12.1 Å². The highest BCUT2D eigenvalue weighted by atomic mass is 127. The summed E-state index contributed by atoms with van der Waals surface area (Å²) in [7, 11) is -5.58. The van der Waals surface area contributed by atoms with Crippen LogP contribution >= 0.6 is 136 Å². The number of hydrogen-bond acceptors (Lipinski definition) is 23. The molecule has 0 bridgehead atoms. The largest absolute Gasteiger partial charge is 0.461 e. The van der Waals surface area contributed by atoms with E-state index in [0.717, 1.165) is 89.3 Å². The normalized spacial score (nSPS) is 12.4. The lowest BCUT2D eigenvalue weighted by Crippen LogP contribution is -2.22. The minimum atomic E-state index is -2.83. The number of esters is 4. The van der Waals surface area contributed by atoms with E-state index in [4.69, 9.17) is 109 Å². The average Bonchev–Trinajstić information content (AvgIpc) is 1.77. The molecule has 3 unspecified atom stereocenters. The lowest BCUT2D eigenvalue weighted by molar-refractivity contribution is -0.164. The van der Waals surface area contributed by atoms with Crippen LogP contribution in [0.2, 0.25) is 0 Å². The molecule has 1 heterocycles. The number of allylic oxidation sites excluding steroid dienone is 1. The molecule has 1 saturated heterocycles. The third kappa shape index (κ3) is 52.2. The van der Waals surface area contributed by atoms with Crippen LogP contribution in [0.25, 0.3) is 0 Å². The van der Waals surface area contributed by atoms with Gasteiger partial charge in [-0.2, -0.15) is 0 Å². The highest BCUT2D eigenvalue weighted by Crippen LogP contribution is 2.24. The number of benzene rings is 6. The van der Waals surface area contributed by atoms with Crippen LogP contribution in [0.3, 0.4) is 0 Å². The maximum Gasteiger partial charge on any atom is 0.356 e. The smallest absolute Gasteiger partial charge is 0.356 e. The van der Waals surface area contributed by atoms with Gasteiger partial charge in [0.15, 0.2) is 41.5 Å². The third-order valence-electron chi connectivity index (χ3n) is 16.4. The first-order chi connectivity index (χ1) is 58.9. The summed E-state index contributed by atoms with van der Waals surface area (Å²) in [6.07, 6.45) is 7.61. The average molecular weight is 2440 g/mol. The Bertz CT molecular complexity index is 5090. The molecule has 0 aromatic heterocycles. The number of rotatable bonds is 40. The summed E-state index contributed by atoms with van der Waals surface area (Å²) in [6, 6.07) is 35.0. The van der Waals surface area contributed by atoms with Crippen LogP contribution in [0.5, 0.6) is 0 Å². The Morgan fingerprint density at radius 2 is 0.776 bits per heavy atom. The van der Waals surface area contributed by atoms with Crippen molar-refractivity contribution in [3.05, 3.63) is 246 Å². The maximum atomic E-state index is 12.0. The Morgan fingerprint density at radius 1 is 0.456 bits per heavy atom. The number of aryl methyl sites for hydroxylation is 1. The van der Waals surface area contributed by atoms with E-state index in [1.807, 2.05) is 80.6 Å². The highest BCUT2D eigenvalue weighted by Gasteiger charge is 2.20. The zero-order valence-corrected chi connectivity index (χ0v) is 84.3. The molecule has 31 N–H and O–H groups in total. The van der Waals surface area contributed by atoms with E-state index in [1.165, 1.54) is 55.7 Å². The summed E-state index contributed by atoms with van der Waals surface area (Å²) in [6.45, 7) is 18.6. The number of unbranched alkanes of at least 4 members (excludes halogenated alkanes) is 2. The Labute approximate surface area is 812 Å². The predicted molar refractivity (Wildman–Crippen MR) is 548 cm³/mol. The second-order valence-corrected chi connectivity index (χ2v) is 38.9. The van der Waals surface area contributed by atoms with Gasteiger partial charge in [0.1, 0.15) is 24.6 Å². The van der Waals surface area contributed by atoms with E-state index < -0.39 is 56.2 Å². The SMILES string of the molecule is C=CC(=O)Cc1ccc(CN=C(N)N)cc1I.C=CC(O)CC(=O)OCc1ccc(CN=C(N)N)cc1I.CCCCS(=N)(=O)C/C=C(/N)C(=O)OCOC(=O)Cc1ccc(CN=C(N)N)cc1I.CCCCS(=N)(=O)C/C=C(/N)C(=O)OCc1ccc(CN=C(N)N)cc1I.Cc1ccc(CN=C(N)N)cc1I.NC(N)=NCc1ccc(CN2CC2)c(I)c1. The van der Waals surface area contributed by atoms with Gasteiger partial charge >= 0.3 is 23.9 Å². The van der Waals surface area contributed by atoms with Gasteiger partial charge in [0.25, 0.3) is 0 Å². The molecule has 0 radical (unpaired) electrons. The second-order valence-electron chi connectivity index (χ2n) is 27.2. The van der Waals surface area contributed by atoms with Crippen molar-refractivity contribution in [2.75, 3.05) is 42.9 Å². The topological polar surface area (TPSA) is 666 Å². The summed E-state index contributed by atoms with van der Waals surface area (Å²) in [5.41, 5.74) is 86.4. The monoisotopic (exact) mass is 2440 g/mol. The Kier molecular flexibility index (Phi) is 54.7. The van der Waals surface area contributed by atoms with Crippen molar-refractivity contribution in [2.45, 2.75) is 131 Å². The zero-order valence-electron chi connectivity index (χ0n) is 69.7. The van der Waals surface area contributed by atoms with Crippen LogP contribution in [-0.2, 0) is 134 Å². The Morgan fingerprint density at radius 3 is 1.10 bits per heavy atom. The van der Waals surface area contributed by atoms with E-state index in [-0.39, 0.29) is 96.2 Å². The number of aliphatic hydroxyl groups excluding tert-OH is 1. The number of carbonyl (C=O) groups excluding carboxylic acids is 5. The number of hydrogen-bond donors (Lipinski definition) is 17. The predicted octanol–water partition coefficient (Wildman–Crippen LogP) is 7.80. The van der Waals surface area contributed by atoms with Crippen molar-refractivity contribution in [1.29, 1.82) is 9.56 Å². The molecule has 1 fully saturated rings. The maximum absolute atomic E-state index is 12.0. The fraction of sp³-hybridized carbons (Fsp3) is 0.329. The van der Waals surface area contributed by atoms with Gasteiger partial charge in [0.05, 0.1) is 69.7 Å². The molecule has 7 rings (SSSR count). The molecule has 35 nitrogen and oxygen atoms in total. The first-order valence-corrected chi connectivity index (χ1v) is 48.3. The number of halogens is 6. The Balaban J connectivity index is 0.000000519. The molecular weight excluding hydrogens is 2320 g/mol. The molecule has 682 valence electrons. The van der Waals surface area contributed by atoms with E-state index in [9.17, 15) is 37.5 Å². The van der Waals surface area contributed by atoms with Crippen molar-refractivity contribution < 1.29 is 56.4 Å². The summed E-state index contributed by atoms with van der Waals surface area (Å²) in [4.78, 5) is 84.6. The Hall–Kier alpha value is -8.75. The van der Waals surface area contributed by atoms with Gasteiger partial charge in [-0.25, -0.2) is 48.0 Å². The van der Waals surface area contributed by atoms with E-state index >= 15 is 0 Å². The number of nitrogens with zero attached hydrogens (tertiary/aromatic N) is 7. The molecule has 6 aromatic carbocycles. The van der Waals surface area contributed by atoms with Gasteiger partial charge in [-0.05, 0) is 266 Å². The molecule has 6 aromatic rings. The van der Waals surface area contributed by atoms with Gasteiger partial charge in [-0.15, -0.1) is 6.58 Å². The molecule has 0 saturated carbocycles. The van der Waals surface area contributed by atoms with Crippen LogP contribution < -0.4 is 80.3 Å². The zero-order chi connectivity index (χ0) is 93.9. The second kappa shape index (κ2) is 60.8.